The standard InChI is InChI=1S/C11H13N2O5P/c12-9(11(14)15)5-7-6-13(19(16,17)18)10-4-2-1-3-8(7)10/h1-4,6,9H,5,12H2,(H,14,15)(H2,16,17,18)/t9-/m0/s1. The molecule has 1 aromatic carbocycles. The Kier molecular flexibility index (Phi) is 3.47. The summed E-state index contributed by atoms with van der Waals surface area (Å²) in [5, 5.41) is 9.38. The molecule has 0 unspecified atom stereocenters. The number of aromatic nitrogens is 1. The molecule has 0 spiro atoms. The van der Waals surface area contributed by atoms with E-state index in [4.69, 9.17) is 10.8 Å². The maximum absolute atomic E-state index is 11.4. The molecule has 0 saturated carbocycles. The Labute approximate surface area is 108 Å². The molecule has 102 valence electrons. The number of aliphatic carboxylic acids is 1. The summed E-state index contributed by atoms with van der Waals surface area (Å²) in [5.41, 5.74) is 6.30. The van der Waals surface area contributed by atoms with Gasteiger partial charge in [-0.1, -0.05) is 18.2 Å². The van der Waals surface area contributed by atoms with E-state index in [9.17, 15) is 19.1 Å². The van der Waals surface area contributed by atoms with Crippen molar-refractivity contribution in [2.24, 2.45) is 5.73 Å². The summed E-state index contributed by atoms with van der Waals surface area (Å²) >= 11 is 0. The summed E-state index contributed by atoms with van der Waals surface area (Å²) in [4.78, 5) is 29.3. The second-order valence-electron chi connectivity index (χ2n) is 4.18. The lowest BCUT2D eigenvalue weighted by Crippen LogP contribution is -2.32. The third kappa shape index (κ3) is 2.69. The number of nitrogens with two attached hydrogens (primary N) is 1. The van der Waals surface area contributed by atoms with Gasteiger partial charge in [0.2, 0.25) is 0 Å². The molecule has 0 fully saturated rings. The van der Waals surface area contributed by atoms with Crippen LogP contribution in [0.4, 0.5) is 0 Å². The van der Waals surface area contributed by atoms with Gasteiger partial charge >= 0.3 is 13.7 Å². The minimum atomic E-state index is -4.48. The number of fused-ring (bicyclic) bond motifs is 1. The van der Waals surface area contributed by atoms with Crippen molar-refractivity contribution in [1.82, 2.24) is 4.34 Å². The topological polar surface area (TPSA) is 126 Å². The van der Waals surface area contributed by atoms with Gasteiger partial charge in [0.1, 0.15) is 6.04 Å². The molecule has 5 N–H and O–H groups in total. The fraction of sp³-hybridized carbons (Fsp3) is 0.182. The number of rotatable bonds is 4. The summed E-state index contributed by atoms with van der Waals surface area (Å²) in [6.45, 7) is 0. The van der Waals surface area contributed by atoms with Gasteiger partial charge in [0.15, 0.2) is 0 Å². The van der Waals surface area contributed by atoms with Crippen LogP contribution in [0, 0.1) is 0 Å². The van der Waals surface area contributed by atoms with E-state index in [0.717, 1.165) is 4.34 Å². The van der Waals surface area contributed by atoms with Crippen LogP contribution in [0.25, 0.3) is 10.9 Å². The molecule has 0 amide bonds. The third-order valence-corrected chi connectivity index (χ3v) is 3.70. The lowest BCUT2D eigenvalue weighted by Gasteiger charge is -2.06. The van der Waals surface area contributed by atoms with E-state index < -0.39 is 19.8 Å². The van der Waals surface area contributed by atoms with Gasteiger partial charge in [0.25, 0.3) is 0 Å². The van der Waals surface area contributed by atoms with E-state index in [0.29, 0.717) is 16.5 Å². The number of para-hydroxylation sites is 1. The Bertz CT molecular complexity index is 675. The highest BCUT2D eigenvalue weighted by atomic mass is 31.2. The molecular weight excluding hydrogens is 271 g/mol. The number of hydrogen-bond donors (Lipinski definition) is 4. The average molecular weight is 284 g/mol. The number of hydrogen-bond acceptors (Lipinski definition) is 3. The smallest absolute Gasteiger partial charge is 0.434 e. The first-order chi connectivity index (χ1) is 8.80. The van der Waals surface area contributed by atoms with Gasteiger partial charge in [-0.25, -0.2) is 4.57 Å². The molecule has 0 bridgehead atoms. The van der Waals surface area contributed by atoms with Gasteiger partial charge in [0.05, 0.1) is 5.52 Å². The van der Waals surface area contributed by atoms with Gasteiger partial charge < -0.3 is 20.6 Å². The normalized spacial score (nSPS) is 13.6. The number of nitrogens with zero attached hydrogens (tertiary/aromatic N) is 1. The van der Waals surface area contributed by atoms with Gasteiger partial charge in [-0.05, 0) is 11.6 Å². The maximum Gasteiger partial charge on any atom is 0.434 e. The van der Waals surface area contributed by atoms with E-state index >= 15 is 0 Å². The van der Waals surface area contributed by atoms with Crippen LogP contribution in [0.2, 0.25) is 0 Å². The number of carboxylic acids is 1. The fourth-order valence-corrected chi connectivity index (χ4v) is 2.68. The Morgan fingerprint density at radius 2 is 2.00 bits per heavy atom. The summed E-state index contributed by atoms with van der Waals surface area (Å²) in [5.74, 6) is -1.16. The van der Waals surface area contributed by atoms with Crippen LogP contribution in [0.5, 0.6) is 0 Å². The molecular formula is C11H13N2O5P. The predicted octanol–water partition coefficient (Wildman–Crippen LogP) is 0.536. The highest BCUT2D eigenvalue weighted by Crippen LogP contribution is 2.41. The summed E-state index contributed by atoms with van der Waals surface area (Å²) in [6, 6.07) is 5.48. The van der Waals surface area contributed by atoms with Crippen LogP contribution < -0.4 is 5.73 Å². The molecule has 7 nitrogen and oxygen atoms in total. The minimum Gasteiger partial charge on any atom is -0.480 e. The lowest BCUT2D eigenvalue weighted by atomic mass is 10.1. The first-order valence-electron chi connectivity index (χ1n) is 5.44. The number of benzene rings is 1. The Morgan fingerprint density at radius 1 is 1.37 bits per heavy atom. The molecule has 8 heteroatoms. The second-order valence-corrected chi connectivity index (χ2v) is 5.64. The van der Waals surface area contributed by atoms with Crippen LogP contribution in [-0.2, 0) is 15.8 Å². The largest absolute Gasteiger partial charge is 0.480 e. The van der Waals surface area contributed by atoms with Crippen molar-refractivity contribution in [3.05, 3.63) is 36.0 Å². The lowest BCUT2D eigenvalue weighted by molar-refractivity contribution is -0.138. The van der Waals surface area contributed by atoms with Crippen LogP contribution in [0.1, 0.15) is 5.56 Å². The van der Waals surface area contributed by atoms with E-state index in [-0.39, 0.29) is 6.42 Å². The van der Waals surface area contributed by atoms with Crippen LogP contribution in [0.15, 0.2) is 30.5 Å². The van der Waals surface area contributed by atoms with Crippen molar-refractivity contribution in [2.75, 3.05) is 0 Å². The molecule has 0 aliphatic rings. The highest BCUT2D eigenvalue weighted by Gasteiger charge is 2.23. The Morgan fingerprint density at radius 3 is 2.58 bits per heavy atom. The zero-order valence-corrected chi connectivity index (χ0v) is 10.7. The van der Waals surface area contributed by atoms with E-state index in [2.05, 4.69) is 0 Å². The molecule has 2 rings (SSSR count). The van der Waals surface area contributed by atoms with E-state index in [1.807, 2.05) is 0 Å². The van der Waals surface area contributed by atoms with Crippen molar-refractivity contribution >= 4 is 24.6 Å². The zero-order chi connectivity index (χ0) is 14.2. The van der Waals surface area contributed by atoms with E-state index in [1.54, 1.807) is 24.3 Å². The summed E-state index contributed by atoms with van der Waals surface area (Å²) in [7, 11) is -4.48. The van der Waals surface area contributed by atoms with Crippen molar-refractivity contribution in [3.63, 3.8) is 0 Å². The first kappa shape index (κ1) is 13.8. The van der Waals surface area contributed by atoms with Crippen molar-refractivity contribution in [1.29, 1.82) is 0 Å². The van der Waals surface area contributed by atoms with E-state index in [1.165, 1.54) is 6.20 Å². The molecule has 0 aliphatic carbocycles. The molecule has 1 atom stereocenters. The number of carboxylic acid groups (broad SMARTS) is 1. The summed E-state index contributed by atoms with van der Waals surface area (Å²) < 4.78 is 12.2. The van der Waals surface area contributed by atoms with Crippen molar-refractivity contribution < 1.29 is 24.3 Å². The third-order valence-electron chi connectivity index (χ3n) is 2.81. The molecule has 0 aliphatic heterocycles. The van der Waals surface area contributed by atoms with Crippen molar-refractivity contribution in [2.45, 2.75) is 12.5 Å². The SMILES string of the molecule is N[C@@H](Cc1cn(P(=O)(O)O)c2ccccc12)C(=O)O. The van der Waals surface area contributed by atoms with Gasteiger partial charge in [-0.15, -0.1) is 0 Å². The van der Waals surface area contributed by atoms with Gasteiger partial charge in [0, 0.05) is 18.0 Å². The fourth-order valence-electron chi connectivity index (χ4n) is 1.93. The maximum atomic E-state index is 11.4. The predicted molar refractivity (Wildman–Crippen MR) is 68.7 cm³/mol. The molecule has 2 aromatic rings. The van der Waals surface area contributed by atoms with Crippen LogP contribution in [0.3, 0.4) is 0 Å². The molecule has 0 radical (unpaired) electrons. The van der Waals surface area contributed by atoms with Gasteiger partial charge in [-0.2, -0.15) is 0 Å². The highest BCUT2D eigenvalue weighted by molar-refractivity contribution is 7.50. The quantitative estimate of drug-likeness (QED) is 0.607. The minimum absolute atomic E-state index is 0.00282. The molecule has 19 heavy (non-hydrogen) atoms. The molecule has 0 saturated heterocycles. The molecule has 1 heterocycles. The second kappa shape index (κ2) is 4.79. The zero-order valence-electron chi connectivity index (χ0n) is 9.80. The Balaban J connectivity index is 2.57. The number of carbonyl (C=O) groups is 1. The summed E-state index contributed by atoms with van der Waals surface area (Å²) in [6.07, 6.45) is 1.26. The van der Waals surface area contributed by atoms with Gasteiger partial charge in [-0.3, -0.25) is 9.13 Å². The monoisotopic (exact) mass is 284 g/mol. The molecule has 1 aromatic heterocycles. The average Bonchev–Trinajstić information content (AvgIpc) is 2.68. The van der Waals surface area contributed by atoms with Crippen LogP contribution >= 0.6 is 7.75 Å². The first-order valence-corrected chi connectivity index (χ1v) is 7.01. The Hall–Kier alpha value is -1.66. The van der Waals surface area contributed by atoms with Crippen molar-refractivity contribution in [3.8, 4) is 0 Å². The van der Waals surface area contributed by atoms with Crippen LogP contribution in [-0.4, -0.2) is 31.2 Å².